The lowest BCUT2D eigenvalue weighted by Crippen LogP contribution is -2.58. The zero-order valence-electron chi connectivity index (χ0n) is 14.6. The molecular weight excluding hydrogens is 347 g/mol. The Morgan fingerprint density at radius 1 is 1.23 bits per heavy atom. The summed E-state index contributed by atoms with van der Waals surface area (Å²) in [5.74, 6) is -0.307. The van der Waals surface area contributed by atoms with Crippen molar-refractivity contribution in [3.8, 4) is 11.4 Å². The topological polar surface area (TPSA) is 62.0 Å². The van der Waals surface area contributed by atoms with Gasteiger partial charge in [-0.05, 0) is 56.9 Å². The molecule has 2 unspecified atom stereocenters. The maximum Gasteiger partial charge on any atom is 0.416 e. The first-order valence-corrected chi connectivity index (χ1v) is 8.41. The van der Waals surface area contributed by atoms with Gasteiger partial charge in [0.1, 0.15) is 11.3 Å². The van der Waals surface area contributed by atoms with Crippen LogP contribution in [0.25, 0.3) is 11.4 Å². The Labute approximate surface area is 148 Å². The van der Waals surface area contributed by atoms with E-state index in [4.69, 9.17) is 4.74 Å². The molecule has 2 aliphatic heterocycles. The van der Waals surface area contributed by atoms with Crippen molar-refractivity contribution in [2.24, 2.45) is 0 Å². The van der Waals surface area contributed by atoms with E-state index in [1.54, 1.807) is 0 Å². The van der Waals surface area contributed by atoms with Crippen molar-refractivity contribution in [2.45, 2.75) is 56.9 Å². The third-order valence-corrected chi connectivity index (χ3v) is 5.42. The standard InChI is InChI=1S/C18H18F3N3O2/c1-16(2)12-7-8-17(3,26-16)14-13(12)24(25)15(23-22-14)10-5-4-6-11(9-10)18(19,20)21/h4-6,9,12H,7-8H2,1-3H3. The Morgan fingerprint density at radius 3 is 2.62 bits per heavy atom. The van der Waals surface area contributed by atoms with Gasteiger partial charge in [-0.15, -0.1) is 0 Å². The summed E-state index contributed by atoms with van der Waals surface area (Å²) in [6, 6.07) is 4.59. The van der Waals surface area contributed by atoms with Crippen LogP contribution in [0.3, 0.4) is 0 Å². The highest BCUT2D eigenvalue weighted by Crippen LogP contribution is 2.54. The van der Waals surface area contributed by atoms with Crippen molar-refractivity contribution >= 4 is 0 Å². The summed E-state index contributed by atoms with van der Waals surface area (Å²) in [5, 5.41) is 21.2. The fraction of sp³-hybridized carbons (Fsp3) is 0.500. The minimum atomic E-state index is -4.49. The molecule has 1 fully saturated rings. The van der Waals surface area contributed by atoms with Gasteiger partial charge in [0.05, 0.1) is 27.7 Å². The van der Waals surface area contributed by atoms with Gasteiger partial charge in [0.25, 0.3) is 0 Å². The van der Waals surface area contributed by atoms with E-state index in [9.17, 15) is 18.4 Å². The van der Waals surface area contributed by atoms with Gasteiger partial charge in [-0.25, -0.2) is 4.73 Å². The second kappa shape index (κ2) is 5.16. The summed E-state index contributed by atoms with van der Waals surface area (Å²) < 4.78 is 45.8. The largest absolute Gasteiger partial charge is 0.710 e. The van der Waals surface area contributed by atoms with Crippen LogP contribution in [0.15, 0.2) is 24.3 Å². The smallest absolute Gasteiger partial charge is 0.416 e. The van der Waals surface area contributed by atoms with Crippen LogP contribution in [0, 0.1) is 5.21 Å². The molecule has 0 spiro atoms. The van der Waals surface area contributed by atoms with E-state index in [1.165, 1.54) is 12.1 Å². The number of alkyl halides is 3. The molecule has 0 saturated carbocycles. The van der Waals surface area contributed by atoms with Gasteiger partial charge in [0, 0.05) is 0 Å². The molecule has 26 heavy (non-hydrogen) atoms. The van der Waals surface area contributed by atoms with Crippen molar-refractivity contribution in [1.82, 2.24) is 10.2 Å². The minimum Gasteiger partial charge on any atom is -0.710 e. The van der Waals surface area contributed by atoms with Crippen LogP contribution >= 0.6 is 0 Å². The maximum atomic E-state index is 13.1. The average molecular weight is 365 g/mol. The lowest BCUT2D eigenvalue weighted by Gasteiger charge is -2.52. The van der Waals surface area contributed by atoms with Gasteiger partial charge in [-0.3, -0.25) is 0 Å². The number of nitrogens with zero attached hydrogens (tertiary/aromatic N) is 3. The van der Waals surface area contributed by atoms with Crippen LogP contribution < -0.4 is 4.73 Å². The fourth-order valence-corrected chi connectivity index (χ4v) is 4.20. The highest BCUT2D eigenvalue weighted by molar-refractivity contribution is 5.54. The van der Waals surface area contributed by atoms with E-state index >= 15 is 0 Å². The number of ether oxygens (including phenoxy) is 1. The summed E-state index contributed by atoms with van der Waals surface area (Å²) in [6.45, 7) is 5.71. The van der Waals surface area contributed by atoms with E-state index in [-0.39, 0.29) is 17.3 Å². The lowest BCUT2D eigenvalue weighted by molar-refractivity contribution is -0.613. The molecule has 0 amide bonds. The van der Waals surface area contributed by atoms with Gasteiger partial charge in [0.2, 0.25) is 0 Å². The van der Waals surface area contributed by atoms with Gasteiger partial charge in [-0.2, -0.15) is 13.2 Å². The summed E-state index contributed by atoms with van der Waals surface area (Å²) in [4.78, 5) is 0. The number of aromatic nitrogens is 3. The quantitative estimate of drug-likeness (QED) is 0.571. The van der Waals surface area contributed by atoms with Gasteiger partial charge in [-0.1, -0.05) is 6.07 Å². The van der Waals surface area contributed by atoms with Crippen molar-refractivity contribution in [2.75, 3.05) is 0 Å². The van der Waals surface area contributed by atoms with Crippen LogP contribution in [-0.2, 0) is 16.5 Å². The normalized spacial score (nSPS) is 26.6. The highest BCUT2D eigenvalue weighted by atomic mass is 19.4. The van der Waals surface area contributed by atoms with Crippen molar-refractivity contribution in [1.29, 1.82) is 0 Å². The highest BCUT2D eigenvalue weighted by Gasteiger charge is 2.56. The van der Waals surface area contributed by atoms with Gasteiger partial charge < -0.3 is 9.94 Å². The number of hydrogen-bond donors (Lipinski definition) is 0. The van der Waals surface area contributed by atoms with Crippen LogP contribution in [0.2, 0.25) is 0 Å². The second-order valence-electron chi connectivity index (χ2n) is 7.66. The SMILES string of the molecule is CC12CCC(c3c1nnc(-c1cccc(C(F)(F)F)c1)[n+]3[O-])C(C)(C)O2. The minimum absolute atomic E-state index is 0.0930. The van der Waals surface area contributed by atoms with Crippen LogP contribution in [-0.4, -0.2) is 15.8 Å². The number of fused-ring (bicyclic) bond motifs is 2. The number of benzene rings is 1. The van der Waals surface area contributed by atoms with Crippen LogP contribution in [0.1, 0.15) is 56.5 Å². The molecule has 1 aliphatic carbocycles. The Morgan fingerprint density at radius 2 is 1.96 bits per heavy atom. The summed E-state index contributed by atoms with van der Waals surface area (Å²) in [5.41, 5.74) is -1.06. The Kier molecular flexibility index (Phi) is 3.41. The van der Waals surface area contributed by atoms with E-state index in [2.05, 4.69) is 10.2 Å². The monoisotopic (exact) mass is 365 g/mol. The first-order chi connectivity index (χ1) is 12.0. The lowest BCUT2D eigenvalue weighted by atomic mass is 9.69. The molecule has 5 rings (SSSR count). The first kappa shape index (κ1) is 17.2. The number of rotatable bonds is 1. The molecule has 5 nitrogen and oxygen atoms in total. The molecule has 2 aromatic rings. The zero-order chi connectivity index (χ0) is 18.9. The van der Waals surface area contributed by atoms with Crippen molar-refractivity contribution in [3.63, 3.8) is 0 Å². The maximum absolute atomic E-state index is 13.1. The number of halogens is 3. The molecular formula is C18H18F3N3O2. The molecule has 1 saturated heterocycles. The van der Waals surface area contributed by atoms with E-state index in [0.717, 1.165) is 25.0 Å². The average Bonchev–Trinajstić information content (AvgIpc) is 2.53. The molecule has 138 valence electrons. The third-order valence-electron chi connectivity index (χ3n) is 5.42. The van der Waals surface area contributed by atoms with E-state index in [0.29, 0.717) is 16.1 Å². The van der Waals surface area contributed by atoms with Gasteiger partial charge in [0.15, 0.2) is 5.69 Å². The Balaban J connectivity index is 1.89. The van der Waals surface area contributed by atoms with Crippen LogP contribution in [0.5, 0.6) is 0 Å². The number of hydrogen-bond acceptors (Lipinski definition) is 4. The first-order valence-electron chi connectivity index (χ1n) is 8.41. The summed E-state index contributed by atoms with van der Waals surface area (Å²) in [6.07, 6.45) is -3.01. The zero-order valence-corrected chi connectivity index (χ0v) is 14.6. The summed E-state index contributed by atoms with van der Waals surface area (Å²) >= 11 is 0. The van der Waals surface area contributed by atoms with Crippen molar-refractivity contribution < 1.29 is 22.6 Å². The Bertz CT molecular complexity index is 898. The molecule has 2 bridgehead atoms. The molecule has 8 heteroatoms. The predicted octanol–water partition coefficient (Wildman–Crippen LogP) is 3.70. The molecule has 0 N–H and O–H groups in total. The molecule has 1 aromatic heterocycles. The summed E-state index contributed by atoms with van der Waals surface area (Å²) in [7, 11) is 0. The van der Waals surface area contributed by atoms with E-state index in [1.807, 2.05) is 20.8 Å². The molecule has 3 aliphatic rings. The molecule has 3 heterocycles. The van der Waals surface area contributed by atoms with E-state index < -0.39 is 22.9 Å². The van der Waals surface area contributed by atoms with Crippen molar-refractivity contribution in [3.05, 3.63) is 46.4 Å². The fourth-order valence-electron chi connectivity index (χ4n) is 4.20. The molecule has 1 aromatic carbocycles. The predicted molar refractivity (Wildman–Crippen MR) is 85.9 cm³/mol. The van der Waals surface area contributed by atoms with Crippen LogP contribution in [0.4, 0.5) is 13.2 Å². The Hall–Kier alpha value is -2.22. The molecule has 0 radical (unpaired) electrons. The molecule has 2 atom stereocenters. The third kappa shape index (κ3) is 2.39. The van der Waals surface area contributed by atoms with Gasteiger partial charge >= 0.3 is 12.0 Å². The second-order valence-corrected chi connectivity index (χ2v) is 7.66.